The zero-order valence-corrected chi connectivity index (χ0v) is 12.0. The van der Waals surface area contributed by atoms with E-state index in [2.05, 4.69) is 5.32 Å². The Morgan fingerprint density at radius 1 is 1.24 bits per heavy atom. The summed E-state index contributed by atoms with van der Waals surface area (Å²) in [5.41, 5.74) is 5.36. The maximum absolute atomic E-state index is 6.67. The van der Waals surface area contributed by atoms with E-state index < -0.39 is 11.3 Å². The average Bonchev–Trinajstić information content (AvgIpc) is 3.19. The van der Waals surface area contributed by atoms with Crippen molar-refractivity contribution < 1.29 is 13.6 Å². The highest BCUT2D eigenvalue weighted by atomic mass is 16.5. The number of hydrogen-bond donors (Lipinski definition) is 2. The Hall–Kier alpha value is -1.98. The molecule has 0 aromatic carbocycles. The van der Waals surface area contributed by atoms with Crippen molar-refractivity contribution in [2.24, 2.45) is 5.73 Å². The standard InChI is InChI=1S/C16H20N2O3/c1-15(7-4-10-21-15)16(17,11-13-5-2-8-19-13)18-12-14-6-3-9-20-14/h2-6,8-10,18H,7,11-12,17H2,1H3. The zero-order chi connectivity index (χ0) is 14.8. The first-order valence-corrected chi connectivity index (χ1v) is 7.03. The van der Waals surface area contributed by atoms with Gasteiger partial charge in [0.1, 0.15) is 22.8 Å². The number of hydrogen-bond acceptors (Lipinski definition) is 5. The van der Waals surface area contributed by atoms with Crippen LogP contribution >= 0.6 is 0 Å². The molecule has 0 saturated carbocycles. The van der Waals surface area contributed by atoms with Gasteiger partial charge < -0.3 is 19.3 Å². The molecule has 0 amide bonds. The van der Waals surface area contributed by atoms with Crippen LogP contribution in [0.5, 0.6) is 0 Å². The summed E-state index contributed by atoms with van der Waals surface area (Å²) in [6, 6.07) is 7.55. The Bertz CT molecular complexity index is 581. The van der Waals surface area contributed by atoms with Crippen LogP contribution in [0.4, 0.5) is 0 Å². The van der Waals surface area contributed by atoms with Gasteiger partial charge in [0.05, 0.1) is 25.3 Å². The summed E-state index contributed by atoms with van der Waals surface area (Å²) in [6.45, 7) is 2.54. The second kappa shape index (κ2) is 5.42. The Balaban J connectivity index is 1.79. The third-order valence-electron chi connectivity index (χ3n) is 4.07. The highest BCUT2D eigenvalue weighted by Gasteiger charge is 2.48. The average molecular weight is 288 g/mol. The minimum Gasteiger partial charge on any atom is -0.492 e. The molecule has 21 heavy (non-hydrogen) atoms. The fraction of sp³-hybridized carbons (Fsp3) is 0.375. The second-order valence-corrected chi connectivity index (χ2v) is 5.59. The summed E-state index contributed by atoms with van der Waals surface area (Å²) in [5.74, 6) is 1.65. The van der Waals surface area contributed by atoms with Gasteiger partial charge in [0.15, 0.2) is 0 Å². The van der Waals surface area contributed by atoms with Gasteiger partial charge in [-0.2, -0.15) is 0 Å². The third-order valence-corrected chi connectivity index (χ3v) is 4.07. The van der Waals surface area contributed by atoms with E-state index in [-0.39, 0.29) is 0 Å². The van der Waals surface area contributed by atoms with E-state index >= 15 is 0 Å². The SMILES string of the molecule is CC1(C(N)(Cc2ccco2)NCc2ccco2)CC=CO1. The van der Waals surface area contributed by atoms with Gasteiger partial charge in [-0.3, -0.25) is 5.32 Å². The number of nitrogens with two attached hydrogens (primary N) is 1. The lowest BCUT2D eigenvalue weighted by Gasteiger charge is -2.43. The summed E-state index contributed by atoms with van der Waals surface area (Å²) >= 11 is 0. The molecular formula is C16H20N2O3. The maximum Gasteiger partial charge on any atom is 0.140 e. The van der Waals surface area contributed by atoms with Gasteiger partial charge in [0, 0.05) is 12.8 Å². The molecule has 0 fully saturated rings. The zero-order valence-electron chi connectivity index (χ0n) is 12.0. The molecule has 0 spiro atoms. The molecular weight excluding hydrogens is 268 g/mol. The van der Waals surface area contributed by atoms with E-state index in [9.17, 15) is 0 Å². The van der Waals surface area contributed by atoms with Gasteiger partial charge in [-0.15, -0.1) is 0 Å². The molecule has 1 aliphatic heterocycles. The highest BCUT2D eigenvalue weighted by Crippen LogP contribution is 2.34. The Kier molecular flexibility index (Phi) is 3.61. The molecule has 112 valence electrons. The molecule has 0 saturated heterocycles. The lowest BCUT2D eigenvalue weighted by molar-refractivity contribution is -0.0336. The van der Waals surface area contributed by atoms with E-state index in [4.69, 9.17) is 19.3 Å². The van der Waals surface area contributed by atoms with Gasteiger partial charge in [-0.25, -0.2) is 0 Å². The van der Waals surface area contributed by atoms with E-state index in [1.807, 2.05) is 37.3 Å². The summed E-state index contributed by atoms with van der Waals surface area (Å²) in [4.78, 5) is 0. The second-order valence-electron chi connectivity index (χ2n) is 5.59. The van der Waals surface area contributed by atoms with E-state index in [1.54, 1.807) is 18.8 Å². The molecule has 2 aromatic heterocycles. The fourth-order valence-corrected chi connectivity index (χ4v) is 2.59. The van der Waals surface area contributed by atoms with Gasteiger partial charge in [-0.05, 0) is 37.3 Å². The Labute approximate surface area is 123 Å². The van der Waals surface area contributed by atoms with Crippen LogP contribution in [0, 0.1) is 0 Å². The van der Waals surface area contributed by atoms with Crippen LogP contribution in [-0.4, -0.2) is 11.3 Å². The Morgan fingerprint density at radius 3 is 2.52 bits per heavy atom. The molecule has 0 radical (unpaired) electrons. The van der Waals surface area contributed by atoms with Crippen molar-refractivity contribution in [2.45, 2.75) is 37.6 Å². The first-order valence-electron chi connectivity index (χ1n) is 7.03. The molecule has 1 aliphatic rings. The molecule has 3 N–H and O–H groups in total. The molecule has 5 heteroatoms. The fourth-order valence-electron chi connectivity index (χ4n) is 2.59. The predicted octanol–water partition coefficient (Wildman–Crippen LogP) is 2.55. The van der Waals surface area contributed by atoms with Crippen molar-refractivity contribution >= 4 is 0 Å². The maximum atomic E-state index is 6.67. The van der Waals surface area contributed by atoms with Crippen molar-refractivity contribution in [1.29, 1.82) is 0 Å². The van der Waals surface area contributed by atoms with E-state index in [0.717, 1.165) is 17.9 Å². The predicted molar refractivity (Wildman–Crippen MR) is 78.1 cm³/mol. The van der Waals surface area contributed by atoms with Crippen LogP contribution in [0.2, 0.25) is 0 Å². The smallest absolute Gasteiger partial charge is 0.140 e. The number of furan rings is 2. The molecule has 3 rings (SSSR count). The van der Waals surface area contributed by atoms with Crippen LogP contribution in [0.25, 0.3) is 0 Å². The summed E-state index contributed by atoms with van der Waals surface area (Å²) in [5, 5.41) is 3.38. The first-order chi connectivity index (χ1) is 10.1. The number of rotatable bonds is 6. The first kappa shape index (κ1) is 14.0. The van der Waals surface area contributed by atoms with E-state index in [0.29, 0.717) is 13.0 Å². The normalized spacial score (nSPS) is 23.9. The van der Waals surface area contributed by atoms with Gasteiger partial charge in [0.2, 0.25) is 0 Å². The lowest BCUT2D eigenvalue weighted by Crippen LogP contribution is -2.68. The van der Waals surface area contributed by atoms with Crippen molar-refractivity contribution in [3.05, 3.63) is 60.7 Å². The highest BCUT2D eigenvalue weighted by molar-refractivity contribution is 5.15. The van der Waals surface area contributed by atoms with Crippen LogP contribution < -0.4 is 11.1 Å². The van der Waals surface area contributed by atoms with Gasteiger partial charge in [-0.1, -0.05) is 0 Å². The minimum atomic E-state index is -0.777. The summed E-state index contributed by atoms with van der Waals surface area (Å²) < 4.78 is 16.6. The summed E-state index contributed by atoms with van der Waals surface area (Å²) in [6.07, 6.45) is 8.26. The minimum absolute atomic E-state index is 0.527. The van der Waals surface area contributed by atoms with E-state index in [1.165, 1.54) is 0 Å². The molecule has 0 bridgehead atoms. The molecule has 2 atom stereocenters. The van der Waals surface area contributed by atoms with Crippen LogP contribution in [0.1, 0.15) is 24.9 Å². The monoisotopic (exact) mass is 288 g/mol. The quantitative estimate of drug-likeness (QED) is 0.799. The van der Waals surface area contributed by atoms with Gasteiger partial charge in [0.25, 0.3) is 0 Å². The lowest BCUT2D eigenvalue weighted by atomic mass is 9.84. The van der Waals surface area contributed by atoms with Crippen LogP contribution in [0.15, 0.2) is 58.0 Å². The van der Waals surface area contributed by atoms with Crippen LogP contribution in [0.3, 0.4) is 0 Å². The molecule has 2 aromatic rings. The number of nitrogens with one attached hydrogen (secondary N) is 1. The van der Waals surface area contributed by atoms with Crippen molar-refractivity contribution in [3.63, 3.8) is 0 Å². The van der Waals surface area contributed by atoms with Crippen molar-refractivity contribution in [3.8, 4) is 0 Å². The molecule has 0 aliphatic carbocycles. The molecule has 5 nitrogen and oxygen atoms in total. The van der Waals surface area contributed by atoms with Crippen molar-refractivity contribution in [2.75, 3.05) is 0 Å². The van der Waals surface area contributed by atoms with Crippen molar-refractivity contribution in [1.82, 2.24) is 5.32 Å². The topological polar surface area (TPSA) is 73.6 Å². The largest absolute Gasteiger partial charge is 0.492 e. The third kappa shape index (κ3) is 2.75. The Morgan fingerprint density at radius 2 is 1.95 bits per heavy atom. The summed E-state index contributed by atoms with van der Waals surface area (Å²) in [7, 11) is 0. The molecule has 3 heterocycles. The van der Waals surface area contributed by atoms with Gasteiger partial charge >= 0.3 is 0 Å². The number of ether oxygens (including phenoxy) is 1. The molecule has 2 unspecified atom stereocenters. The van der Waals surface area contributed by atoms with Crippen LogP contribution in [-0.2, 0) is 17.7 Å².